The maximum atomic E-state index is 8.82. The second-order valence-electron chi connectivity index (χ2n) is 4.90. The number of pyridine rings is 1. The fourth-order valence-corrected chi connectivity index (χ4v) is 1.82. The number of nitrogens with zero attached hydrogens (tertiary/aromatic N) is 3. The summed E-state index contributed by atoms with van der Waals surface area (Å²) in [7, 11) is 4.15. The zero-order chi connectivity index (χ0) is 14.4. The number of rotatable bonds is 5. The van der Waals surface area contributed by atoms with Gasteiger partial charge in [0.25, 0.3) is 0 Å². The third-order valence-electron chi connectivity index (χ3n) is 2.94. The van der Waals surface area contributed by atoms with Crippen LogP contribution in [0.3, 0.4) is 0 Å². The molecule has 0 aliphatic carbocycles. The highest BCUT2D eigenvalue weighted by atomic mass is 15.0. The predicted molar refractivity (Wildman–Crippen MR) is 80.9 cm³/mol. The Balaban J connectivity index is 2.01. The van der Waals surface area contributed by atoms with Crippen LogP contribution in [0.1, 0.15) is 11.3 Å². The molecule has 0 saturated heterocycles. The number of nitrogens with one attached hydrogen (secondary N) is 1. The number of nitriles is 1. The first-order valence-corrected chi connectivity index (χ1v) is 6.55. The van der Waals surface area contributed by atoms with Crippen LogP contribution in [-0.2, 0) is 6.42 Å². The summed E-state index contributed by atoms with van der Waals surface area (Å²) in [6, 6.07) is 15.7. The quantitative estimate of drug-likeness (QED) is 0.904. The van der Waals surface area contributed by atoms with Crippen molar-refractivity contribution >= 4 is 11.5 Å². The second-order valence-corrected chi connectivity index (χ2v) is 4.90. The van der Waals surface area contributed by atoms with E-state index < -0.39 is 0 Å². The van der Waals surface area contributed by atoms with Gasteiger partial charge in [-0.25, -0.2) is 4.98 Å². The first-order valence-electron chi connectivity index (χ1n) is 6.55. The normalized spacial score (nSPS) is 10.3. The number of benzene rings is 1. The fourth-order valence-electron chi connectivity index (χ4n) is 1.82. The smallest absolute Gasteiger partial charge is 0.142 e. The molecule has 0 bridgehead atoms. The molecule has 0 spiro atoms. The monoisotopic (exact) mass is 266 g/mol. The van der Waals surface area contributed by atoms with Gasteiger partial charge in [0.15, 0.2) is 0 Å². The summed E-state index contributed by atoms with van der Waals surface area (Å²) in [6.45, 7) is 1.04. The van der Waals surface area contributed by atoms with Crippen LogP contribution in [0.15, 0.2) is 42.5 Å². The van der Waals surface area contributed by atoms with Crippen LogP contribution in [-0.4, -0.2) is 30.5 Å². The summed E-state index contributed by atoms with van der Waals surface area (Å²) in [5.41, 5.74) is 2.70. The molecule has 1 heterocycles. The molecule has 0 aliphatic heterocycles. The van der Waals surface area contributed by atoms with E-state index in [1.54, 1.807) is 6.07 Å². The van der Waals surface area contributed by atoms with E-state index in [1.807, 2.05) is 30.3 Å². The van der Waals surface area contributed by atoms with E-state index in [0.29, 0.717) is 11.5 Å². The first kappa shape index (κ1) is 14.0. The zero-order valence-electron chi connectivity index (χ0n) is 11.8. The molecule has 2 rings (SSSR count). The lowest BCUT2D eigenvalue weighted by Crippen LogP contribution is -2.14. The second kappa shape index (κ2) is 6.69. The summed E-state index contributed by atoms with van der Waals surface area (Å²) < 4.78 is 0. The van der Waals surface area contributed by atoms with Crippen molar-refractivity contribution in [2.24, 2.45) is 0 Å². The average Bonchev–Trinajstić information content (AvgIpc) is 2.47. The van der Waals surface area contributed by atoms with Gasteiger partial charge < -0.3 is 10.2 Å². The number of anilines is 2. The van der Waals surface area contributed by atoms with Gasteiger partial charge in [0.1, 0.15) is 17.6 Å². The highest BCUT2D eigenvalue weighted by Gasteiger charge is 1.99. The predicted octanol–water partition coefficient (Wildman–Crippen LogP) is 2.80. The molecule has 2 aromatic rings. The Morgan fingerprint density at radius 3 is 2.55 bits per heavy atom. The summed E-state index contributed by atoms with van der Waals surface area (Å²) in [6.07, 6.45) is 1.04. The minimum Gasteiger partial charge on any atom is -0.340 e. The highest BCUT2D eigenvalue weighted by Crippen LogP contribution is 2.15. The summed E-state index contributed by atoms with van der Waals surface area (Å²) in [5.74, 6) is 0.685. The molecular weight excluding hydrogens is 248 g/mol. The van der Waals surface area contributed by atoms with Crippen molar-refractivity contribution in [1.82, 2.24) is 9.88 Å². The van der Waals surface area contributed by atoms with E-state index in [1.165, 1.54) is 5.56 Å². The molecule has 4 heteroatoms. The molecule has 0 radical (unpaired) electrons. The van der Waals surface area contributed by atoms with E-state index in [9.17, 15) is 0 Å². The highest BCUT2D eigenvalue weighted by molar-refractivity contribution is 5.56. The van der Waals surface area contributed by atoms with Crippen molar-refractivity contribution in [3.05, 3.63) is 53.7 Å². The summed E-state index contributed by atoms with van der Waals surface area (Å²) in [4.78, 5) is 6.36. The molecule has 0 atom stereocenters. The Morgan fingerprint density at radius 2 is 1.90 bits per heavy atom. The molecule has 0 saturated carbocycles. The Morgan fingerprint density at radius 1 is 1.15 bits per heavy atom. The molecule has 1 aromatic carbocycles. The van der Waals surface area contributed by atoms with E-state index in [2.05, 4.69) is 41.4 Å². The van der Waals surface area contributed by atoms with Crippen LogP contribution >= 0.6 is 0 Å². The number of hydrogen-bond acceptors (Lipinski definition) is 4. The van der Waals surface area contributed by atoms with Crippen LogP contribution in [0.4, 0.5) is 11.5 Å². The lowest BCUT2D eigenvalue weighted by atomic mass is 10.1. The Hall–Kier alpha value is -2.38. The van der Waals surface area contributed by atoms with E-state index in [4.69, 9.17) is 5.26 Å². The van der Waals surface area contributed by atoms with Gasteiger partial charge in [0, 0.05) is 12.2 Å². The van der Waals surface area contributed by atoms with Gasteiger partial charge in [-0.15, -0.1) is 0 Å². The standard InChI is InChI=1S/C16H18N4/c1-20(2)11-10-13-6-8-14(9-7-13)18-16-5-3-4-15(12-17)19-16/h3-9H,10-11H2,1-2H3,(H,18,19). The van der Waals surface area contributed by atoms with E-state index >= 15 is 0 Å². The lowest BCUT2D eigenvalue weighted by molar-refractivity contribution is 0.413. The maximum absolute atomic E-state index is 8.82. The van der Waals surface area contributed by atoms with Crippen molar-refractivity contribution in [2.75, 3.05) is 26.0 Å². The van der Waals surface area contributed by atoms with Crippen molar-refractivity contribution < 1.29 is 0 Å². The van der Waals surface area contributed by atoms with Gasteiger partial charge in [0.2, 0.25) is 0 Å². The van der Waals surface area contributed by atoms with Gasteiger partial charge in [-0.2, -0.15) is 5.26 Å². The lowest BCUT2D eigenvalue weighted by Gasteiger charge is -2.10. The fraction of sp³-hybridized carbons (Fsp3) is 0.250. The Bertz CT molecular complexity index is 597. The number of likely N-dealkylation sites (N-methyl/N-ethyl adjacent to an activating group) is 1. The molecular formula is C16H18N4. The molecule has 0 aliphatic rings. The van der Waals surface area contributed by atoms with Crippen LogP contribution < -0.4 is 5.32 Å². The average molecular weight is 266 g/mol. The summed E-state index contributed by atoms with van der Waals surface area (Å²) >= 11 is 0. The van der Waals surface area contributed by atoms with Crippen LogP contribution in [0.5, 0.6) is 0 Å². The minimum absolute atomic E-state index is 0.414. The minimum atomic E-state index is 0.414. The van der Waals surface area contributed by atoms with E-state index in [0.717, 1.165) is 18.7 Å². The van der Waals surface area contributed by atoms with Crippen molar-refractivity contribution in [3.8, 4) is 6.07 Å². The van der Waals surface area contributed by atoms with Crippen LogP contribution in [0.2, 0.25) is 0 Å². The van der Waals surface area contributed by atoms with Gasteiger partial charge in [-0.05, 0) is 50.3 Å². The molecule has 1 N–H and O–H groups in total. The molecule has 0 unspecified atom stereocenters. The molecule has 0 fully saturated rings. The molecule has 4 nitrogen and oxygen atoms in total. The number of aromatic nitrogens is 1. The molecule has 102 valence electrons. The van der Waals surface area contributed by atoms with Crippen molar-refractivity contribution in [1.29, 1.82) is 5.26 Å². The maximum Gasteiger partial charge on any atom is 0.142 e. The third-order valence-corrected chi connectivity index (χ3v) is 2.94. The topological polar surface area (TPSA) is 52.0 Å². The van der Waals surface area contributed by atoms with Gasteiger partial charge in [0.05, 0.1) is 0 Å². The van der Waals surface area contributed by atoms with Gasteiger partial charge in [-0.3, -0.25) is 0 Å². The first-order chi connectivity index (χ1) is 9.67. The van der Waals surface area contributed by atoms with E-state index in [-0.39, 0.29) is 0 Å². The van der Waals surface area contributed by atoms with Crippen molar-refractivity contribution in [2.45, 2.75) is 6.42 Å². The van der Waals surface area contributed by atoms with Crippen LogP contribution in [0, 0.1) is 11.3 Å². The van der Waals surface area contributed by atoms with Crippen LogP contribution in [0.25, 0.3) is 0 Å². The zero-order valence-corrected chi connectivity index (χ0v) is 11.8. The molecule has 0 amide bonds. The van der Waals surface area contributed by atoms with Crippen molar-refractivity contribution in [3.63, 3.8) is 0 Å². The largest absolute Gasteiger partial charge is 0.340 e. The SMILES string of the molecule is CN(C)CCc1ccc(Nc2cccc(C#N)n2)cc1. The van der Waals surface area contributed by atoms with Gasteiger partial charge >= 0.3 is 0 Å². The Labute approximate surface area is 119 Å². The third kappa shape index (κ3) is 4.08. The Kier molecular flexibility index (Phi) is 4.70. The summed E-state index contributed by atoms with van der Waals surface area (Å²) in [5, 5.41) is 12.0. The number of hydrogen-bond donors (Lipinski definition) is 1. The van der Waals surface area contributed by atoms with Gasteiger partial charge in [-0.1, -0.05) is 18.2 Å². The molecule has 20 heavy (non-hydrogen) atoms. The molecule has 1 aromatic heterocycles.